The van der Waals surface area contributed by atoms with Gasteiger partial charge in [0.1, 0.15) is 11.9 Å². The van der Waals surface area contributed by atoms with Gasteiger partial charge in [-0.15, -0.1) is 0 Å². The van der Waals surface area contributed by atoms with Gasteiger partial charge in [0.15, 0.2) is 0 Å². The van der Waals surface area contributed by atoms with Crippen LogP contribution in [0.25, 0.3) is 0 Å². The monoisotopic (exact) mass is 248 g/mol. The molecule has 0 aromatic carbocycles. The lowest BCUT2D eigenvalue weighted by Gasteiger charge is -2.35. The van der Waals surface area contributed by atoms with Crippen molar-refractivity contribution in [3.8, 4) is 0 Å². The van der Waals surface area contributed by atoms with E-state index in [2.05, 4.69) is 4.98 Å². The number of aromatic nitrogens is 2. The van der Waals surface area contributed by atoms with Crippen molar-refractivity contribution in [2.45, 2.75) is 31.7 Å². The second-order valence-electron chi connectivity index (χ2n) is 4.14. The summed E-state index contributed by atoms with van der Waals surface area (Å²) < 4.78 is 40.5. The van der Waals surface area contributed by atoms with Crippen LogP contribution in [0.2, 0.25) is 0 Å². The summed E-state index contributed by atoms with van der Waals surface area (Å²) in [6, 6.07) is -1.46. The average Bonchev–Trinajstić information content (AvgIpc) is 2.71. The van der Waals surface area contributed by atoms with E-state index in [1.54, 1.807) is 12.4 Å². The van der Waals surface area contributed by atoms with E-state index < -0.39 is 12.2 Å². The first-order valence-electron chi connectivity index (χ1n) is 5.53. The third-order valence-electron chi connectivity index (χ3n) is 3.03. The smallest absolute Gasteiger partial charge is 0.333 e. The van der Waals surface area contributed by atoms with Crippen LogP contribution in [0.15, 0.2) is 12.4 Å². The predicted octanol–water partition coefficient (Wildman–Crippen LogP) is 0.978. The predicted molar refractivity (Wildman–Crippen MR) is 56.2 cm³/mol. The minimum absolute atomic E-state index is 0.0368. The Labute approximate surface area is 97.2 Å². The highest BCUT2D eigenvalue weighted by molar-refractivity contribution is 4.97. The molecule has 0 saturated carbocycles. The van der Waals surface area contributed by atoms with Crippen LogP contribution in [0.1, 0.15) is 12.2 Å². The maximum Gasteiger partial charge on any atom is 0.404 e. The third kappa shape index (κ3) is 2.61. The van der Waals surface area contributed by atoms with Gasteiger partial charge in [-0.25, -0.2) is 4.98 Å². The van der Waals surface area contributed by atoms with Gasteiger partial charge in [-0.2, -0.15) is 13.2 Å². The number of imidazole rings is 1. The van der Waals surface area contributed by atoms with E-state index in [0.717, 1.165) is 0 Å². The number of alkyl halides is 3. The topological polar surface area (TPSA) is 47.1 Å². The van der Waals surface area contributed by atoms with Crippen LogP contribution in [-0.2, 0) is 13.1 Å². The Kier molecular flexibility index (Phi) is 3.39. The highest BCUT2D eigenvalue weighted by Crippen LogP contribution is 2.29. The number of nitrogens with zero attached hydrogens (tertiary/aromatic N) is 3. The van der Waals surface area contributed by atoms with Crippen molar-refractivity contribution in [3.05, 3.63) is 18.2 Å². The molecule has 1 aromatic rings. The van der Waals surface area contributed by atoms with Crippen molar-refractivity contribution in [3.63, 3.8) is 0 Å². The molecular formula is C10H15F3N4. The fourth-order valence-electron chi connectivity index (χ4n) is 2.17. The Morgan fingerprint density at radius 1 is 1.41 bits per heavy atom. The fraction of sp³-hybridized carbons (Fsp3) is 0.700. The van der Waals surface area contributed by atoms with Crippen LogP contribution >= 0.6 is 0 Å². The van der Waals surface area contributed by atoms with Crippen LogP contribution in [-0.4, -0.2) is 39.8 Å². The van der Waals surface area contributed by atoms with E-state index in [-0.39, 0.29) is 19.5 Å². The van der Waals surface area contributed by atoms with Crippen LogP contribution in [0, 0.1) is 0 Å². The van der Waals surface area contributed by atoms with E-state index >= 15 is 0 Å². The molecule has 0 radical (unpaired) electrons. The second kappa shape index (κ2) is 4.66. The molecule has 0 fully saturated rings. The number of halogens is 3. The number of hydrogen-bond acceptors (Lipinski definition) is 3. The van der Waals surface area contributed by atoms with Crippen molar-refractivity contribution in [2.24, 2.45) is 5.73 Å². The largest absolute Gasteiger partial charge is 0.404 e. The van der Waals surface area contributed by atoms with Crippen LogP contribution in [0.5, 0.6) is 0 Å². The first-order chi connectivity index (χ1) is 8.02. The summed E-state index contributed by atoms with van der Waals surface area (Å²) >= 11 is 0. The highest BCUT2D eigenvalue weighted by Gasteiger charge is 2.43. The second-order valence-corrected chi connectivity index (χ2v) is 4.14. The summed E-state index contributed by atoms with van der Waals surface area (Å²) in [5, 5.41) is 0. The van der Waals surface area contributed by atoms with Crippen molar-refractivity contribution in [1.82, 2.24) is 14.5 Å². The molecule has 2 heterocycles. The zero-order chi connectivity index (χ0) is 12.5. The highest BCUT2D eigenvalue weighted by atomic mass is 19.4. The third-order valence-corrected chi connectivity index (χ3v) is 3.03. The summed E-state index contributed by atoms with van der Waals surface area (Å²) in [4.78, 5) is 5.47. The Bertz CT molecular complexity index is 374. The minimum Gasteiger partial charge on any atom is -0.333 e. The molecule has 4 nitrogen and oxygen atoms in total. The molecule has 0 saturated heterocycles. The maximum atomic E-state index is 12.9. The molecule has 0 amide bonds. The van der Waals surface area contributed by atoms with Crippen molar-refractivity contribution in [2.75, 3.05) is 13.1 Å². The quantitative estimate of drug-likeness (QED) is 0.867. The number of nitrogens with two attached hydrogens (primary N) is 1. The van der Waals surface area contributed by atoms with E-state index in [4.69, 9.17) is 5.73 Å². The average molecular weight is 248 g/mol. The number of hydrogen-bond donors (Lipinski definition) is 1. The Morgan fingerprint density at radius 3 is 2.82 bits per heavy atom. The van der Waals surface area contributed by atoms with Gasteiger partial charge in [0.25, 0.3) is 0 Å². The normalized spacial score (nSPS) is 19.1. The maximum absolute atomic E-state index is 12.9. The molecule has 7 heteroatoms. The molecule has 0 spiro atoms. The van der Waals surface area contributed by atoms with E-state index in [9.17, 15) is 13.2 Å². The lowest BCUT2D eigenvalue weighted by molar-refractivity contribution is -0.188. The zero-order valence-electron chi connectivity index (χ0n) is 9.32. The first kappa shape index (κ1) is 12.4. The van der Waals surface area contributed by atoms with Gasteiger partial charge in [0.05, 0.1) is 6.54 Å². The fourth-order valence-corrected chi connectivity index (χ4v) is 2.17. The lowest BCUT2D eigenvalue weighted by Crippen LogP contribution is -2.49. The molecule has 1 aromatic heterocycles. The molecule has 17 heavy (non-hydrogen) atoms. The van der Waals surface area contributed by atoms with Gasteiger partial charge in [0, 0.05) is 25.5 Å². The van der Waals surface area contributed by atoms with E-state index in [0.29, 0.717) is 18.9 Å². The first-order valence-corrected chi connectivity index (χ1v) is 5.53. The summed E-state index contributed by atoms with van der Waals surface area (Å²) in [6.45, 7) is 1.20. The molecule has 2 N–H and O–H groups in total. The minimum atomic E-state index is -4.23. The molecule has 0 aliphatic carbocycles. The van der Waals surface area contributed by atoms with Gasteiger partial charge < -0.3 is 10.3 Å². The van der Waals surface area contributed by atoms with Crippen molar-refractivity contribution in [1.29, 1.82) is 0 Å². The summed E-state index contributed by atoms with van der Waals surface area (Å²) in [7, 11) is 0. The molecule has 1 atom stereocenters. The van der Waals surface area contributed by atoms with Gasteiger partial charge in [-0.3, -0.25) is 4.90 Å². The molecule has 1 aliphatic rings. The SMILES string of the molecule is NCCC(N1CCn2ccnc2C1)C(F)(F)F. The van der Waals surface area contributed by atoms with Crippen LogP contribution < -0.4 is 5.73 Å². The number of fused-ring (bicyclic) bond motifs is 1. The van der Waals surface area contributed by atoms with Gasteiger partial charge >= 0.3 is 6.18 Å². The molecular weight excluding hydrogens is 233 g/mol. The summed E-state index contributed by atoms with van der Waals surface area (Å²) in [5.41, 5.74) is 5.26. The zero-order valence-corrected chi connectivity index (χ0v) is 9.32. The Hall–Kier alpha value is -1.08. The van der Waals surface area contributed by atoms with Gasteiger partial charge in [0.2, 0.25) is 0 Å². The Morgan fingerprint density at radius 2 is 2.18 bits per heavy atom. The summed E-state index contributed by atoms with van der Waals surface area (Å²) in [5.74, 6) is 0.683. The Balaban J connectivity index is 2.12. The molecule has 1 aliphatic heterocycles. The van der Waals surface area contributed by atoms with E-state index in [1.807, 2.05) is 4.57 Å². The van der Waals surface area contributed by atoms with Gasteiger partial charge in [-0.05, 0) is 13.0 Å². The summed E-state index contributed by atoms with van der Waals surface area (Å²) in [6.07, 6.45) is -0.888. The van der Waals surface area contributed by atoms with Gasteiger partial charge in [-0.1, -0.05) is 0 Å². The van der Waals surface area contributed by atoms with Crippen LogP contribution in [0.4, 0.5) is 13.2 Å². The molecule has 1 unspecified atom stereocenters. The van der Waals surface area contributed by atoms with Crippen LogP contribution in [0.3, 0.4) is 0 Å². The van der Waals surface area contributed by atoms with Crippen molar-refractivity contribution < 1.29 is 13.2 Å². The number of rotatable bonds is 3. The molecule has 0 bridgehead atoms. The lowest BCUT2D eigenvalue weighted by atomic mass is 10.1. The standard InChI is InChI=1S/C10H15F3N4/c11-10(12,13)8(1-2-14)17-6-5-16-4-3-15-9(16)7-17/h3-4,8H,1-2,5-7,14H2. The molecule has 2 rings (SSSR count). The van der Waals surface area contributed by atoms with Crippen molar-refractivity contribution >= 4 is 0 Å². The molecule has 96 valence electrons. The van der Waals surface area contributed by atoms with E-state index in [1.165, 1.54) is 4.90 Å².